The molecule has 0 unspecified atom stereocenters. The minimum atomic E-state index is -3.47. The minimum absolute atomic E-state index is 0.179. The number of nitrogens with zero attached hydrogens (tertiary/aromatic N) is 1. The Hall–Kier alpha value is -2.34. The van der Waals surface area contributed by atoms with Gasteiger partial charge in [0.25, 0.3) is 10.0 Å². The predicted octanol–water partition coefficient (Wildman–Crippen LogP) is 3.00. The zero-order valence-electron chi connectivity index (χ0n) is 12.6. The van der Waals surface area contributed by atoms with Crippen LogP contribution in [0.3, 0.4) is 0 Å². The van der Waals surface area contributed by atoms with Gasteiger partial charge in [0.2, 0.25) is 0 Å². The molecule has 2 aromatic rings. The third-order valence-corrected chi connectivity index (χ3v) is 4.06. The van der Waals surface area contributed by atoms with Gasteiger partial charge in [-0.1, -0.05) is 18.2 Å². The second-order valence-electron chi connectivity index (χ2n) is 4.85. The summed E-state index contributed by atoms with van der Waals surface area (Å²) in [7, 11) is -3.47. The molecule has 0 aliphatic heterocycles. The molecule has 6 heteroatoms. The molecule has 116 valence electrons. The van der Waals surface area contributed by atoms with Crippen molar-refractivity contribution in [3.63, 3.8) is 0 Å². The second kappa shape index (κ2) is 7.09. The zero-order valence-corrected chi connectivity index (χ0v) is 13.4. The summed E-state index contributed by atoms with van der Waals surface area (Å²) in [5, 5.41) is 4.77. The third-order valence-electron chi connectivity index (χ3n) is 2.99. The Labute approximate surface area is 130 Å². The maximum atomic E-state index is 12.1. The Morgan fingerprint density at radius 1 is 1.27 bits per heavy atom. The monoisotopic (exact) mass is 317 g/mol. The lowest BCUT2D eigenvalue weighted by atomic mass is 10.2. The second-order valence-corrected chi connectivity index (χ2v) is 6.57. The van der Waals surface area contributed by atoms with Gasteiger partial charge in [-0.05, 0) is 43.5 Å². The highest BCUT2D eigenvalue weighted by Gasteiger charge is 2.10. The molecular formula is C16H19N3O2S. The molecule has 0 saturated heterocycles. The van der Waals surface area contributed by atoms with Gasteiger partial charge in [0.05, 0.1) is 0 Å². The quantitative estimate of drug-likeness (QED) is 0.804. The van der Waals surface area contributed by atoms with Crippen LogP contribution in [0, 0.1) is 0 Å². The number of allylic oxidation sites excluding steroid dienone is 4. The Bertz CT molecular complexity index is 811. The van der Waals surface area contributed by atoms with Gasteiger partial charge in [0, 0.05) is 29.2 Å². The fourth-order valence-electron chi connectivity index (χ4n) is 1.87. The molecule has 5 nitrogen and oxygen atoms in total. The number of nitrogens with one attached hydrogen (secondary N) is 2. The number of fused-ring (bicyclic) bond motifs is 1. The van der Waals surface area contributed by atoms with Crippen LogP contribution >= 0.6 is 0 Å². The SMILES string of the molecule is C/C=C\C=C(/C)NCS(=O)(=O)Nc1ccc2cnccc2c1. The first-order valence-electron chi connectivity index (χ1n) is 6.88. The molecule has 0 aliphatic carbocycles. The maximum absolute atomic E-state index is 12.1. The summed E-state index contributed by atoms with van der Waals surface area (Å²) in [4.78, 5) is 4.03. The third kappa shape index (κ3) is 4.60. The van der Waals surface area contributed by atoms with Crippen molar-refractivity contribution < 1.29 is 8.42 Å². The lowest BCUT2D eigenvalue weighted by Gasteiger charge is -2.10. The molecule has 22 heavy (non-hydrogen) atoms. The van der Waals surface area contributed by atoms with E-state index in [-0.39, 0.29) is 5.88 Å². The van der Waals surface area contributed by atoms with Crippen molar-refractivity contribution in [3.05, 3.63) is 60.6 Å². The number of pyridine rings is 1. The Kier molecular flexibility index (Phi) is 5.16. The fraction of sp³-hybridized carbons (Fsp3) is 0.188. The number of benzene rings is 1. The van der Waals surface area contributed by atoms with E-state index < -0.39 is 10.0 Å². The lowest BCUT2D eigenvalue weighted by Crippen LogP contribution is -2.26. The smallest absolute Gasteiger partial charge is 0.250 e. The van der Waals surface area contributed by atoms with Crippen LogP contribution in [0.15, 0.2) is 60.6 Å². The first-order valence-corrected chi connectivity index (χ1v) is 8.53. The number of sulfonamides is 1. The van der Waals surface area contributed by atoms with Gasteiger partial charge in [0.1, 0.15) is 5.88 Å². The van der Waals surface area contributed by atoms with Gasteiger partial charge in [-0.15, -0.1) is 0 Å². The summed E-state index contributed by atoms with van der Waals surface area (Å²) < 4.78 is 26.7. The van der Waals surface area contributed by atoms with Gasteiger partial charge in [0.15, 0.2) is 0 Å². The van der Waals surface area contributed by atoms with E-state index in [0.29, 0.717) is 5.69 Å². The van der Waals surface area contributed by atoms with Crippen LogP contribution in [0.1, 0.15) is 13.8 Å². The summed E-state index contributed by atoms with van der Waals surface area (Å²) in [6, 6.07) is 7.20. The van der Waals surface area contributed by atoms with Gasteiger partial charge >= 0.3 is 0 Å². The van der Waals surface area contributed by atoms with Crippen LogP contribution in [-0.4, -0.2) is 19.3 Å². The number of aromatic nitrogens is 1. The van der Waals surface area contributed by atoms with E-state index in [1.165, 1.54) is 0 Å². The molecule has 1 aromatic heterocycles. The first-order chi connectivity index (χ1) is 10.5. The van der Waals surface area contributed by atoms with Gasteiger partial charge in [-0.3, -0.25) is 9.71 Å². The van der Waals surface area contributed by atoms with Crippen LogP contribution in [-0.2, 0) is 10.0 Å². The molecule has 0 spiro atoms. The Morgan fingerprint density at radius 2 is 2.09 bits per heavy atom. The molecule has 0 aliphatic rings. The van der Waals surface area contributed by atoms with Gasteiger partial charge in [-0.2, -0.15) is 0 Å². The normalized spacial score (nSPS) is 12.7. The molecule has 2 rings (SSSR count). The van der Waals surface area contributed by atoms with Crippen LogP contribution in [0.25, 0.3) is 10.8 Å². The summed E-state index contributed by atoms with van der Waals surface area (Å²) in [5.74, 6) is -0.179. The Balaban J connectivity index is 2.07. The van der Waals surface area contributed by atoms with Crippen molar-refractivity contribution in [1.82, 2.24) is 10.3 Å². The van der Waals surface area contributed by atoms with Crippen molar-refractivity contribution in [2.45, 2.75) is 13.8 Å². The van der Waals surface area contributed by atoms with Crippen molar-refractivity contribution in [2.75, 3.05) is 10.6 Å². The highest BCUT2D eigenvalue weighted by molar-refractivity contribution is 7.92. The van der Waals surface area contributed by atoms with E-state index >= 15 is 0 Å². The highest BCUT2D eigenvalue weighted by Crippen LogP contribution is 2.18. The minimum Gasteiger partial charge on any atom is -0.374 e. The average molecular weight is 317 g/mol. The summed E-state index contributed by atoms with van der Waals surface area (Å²) in [6.07, 6.45) is 8.96. The van der Waals surface area contributed by atoms with Gasteiger partial charge in [-0.25, -0.2) is 8.42 Å². The van der Waals surface area contributed by atoms with E-state index in [1.807, 2.05) is 44.2 Å². The highest BCUT2D eigenvalue weighted by atomic mass is 32.2. The molecule has 2 N–H and O–H groups in total. The van der Waals surface area contributed by atoms with E-state index in [0.717, 1.165) is 16.5 Å². The topological polar surface area (TPSA) is 71.1 Å². The first kappa shape index (κ1) is 16.0. The van der Waals surface area contributed by atoms with Crippen molar-refractivity contribution in [2.24, 2.45) is 0 Å². The van der Waals surface area contributed by atoms with E-state index in [2.05, 4.69) is 15.0 Å². The number of hydrogen-bond donors (Lipinski definition) is 2. The van der Waals surface area contributed by atoms with E-state index in [1.54, 1.807) is 24.5 Å². The summed E-state index contributed by atoms with van der Waals surface area (Å²) in [5.41, 5.74) is 1.32. The molecule has 0 amide bonds. The fourth-order valence-corrected chi connectivity index (χ4v) is 2.85. The van der Waals surface area contributed by atoms with Crippen LogP contribution < -0.4 is 10.0 Å². The van der Waals surface area contributed by atoms with Crippen molar-refractivity contribution >= 4 is 26.5 Å². The van der Waals surface area contributed by atoms with Gasteiger partial charge < -0.3 is 5.32 Å². The molecular weight excluding hydrogens is 298 g/mol. The number of hydrogen-bond acceptors (Lipinski definition) is 4. The molecule has 0 bridgehead atoms. The molecule has 0 radical (unpaired) electrons. The van der Waals surface area contributed by atoms with Crippen molar-refractivity contribution in [3.8, 4) is 0 Å². The van der Waals surface area contributed by atoms with E-state index in [4.69, 9.17) is 0 Å². The summed E-state index contributed by atoms with van der Waals surface area (Å²) in [6.45, 7) is 3.72. The standard InChI is InChI=1S/C16H19N3O2S/c1-3-4-5-13(2)18-12-22(20,21)19-16-7-6-15-11-17-9-8-14(15)10-16/h3-11,18-19H,12H2,1-2H3/b4-3-,13-5+. The molecule has 0 fully saturated rings. The Morgan fingerprint density at radius 3 is 2.86 bits per heavy atom. The van der Waals surface area contributed by atoms with E-state index in [9.17, 15) is 8.42 Å². The number of rotatable bonds is 6. The van der Waals surface area contributed by atoms with Crippen LogP contribution in [0.4, 0.5) is 5.69 Å². The molecule has 0 atom stereocenters. The lowest BCUT2D eigenvalue weighted by molar-refractivity contribution is 0.597. The number of anilines is 1. The van der Waals surface area contributed by atoms with Crippen molar-refractivity contribution in [1.29, 1.82) is 0 Å². The average Bonchev–Trinajstić information content (AvgIpc) is 2.50. The predicted molar refractivity (Wildman–Crippen MR) is 90.9 cm³/mol. The van der Waals surface area contributed by atoms with Crippen LogP contribution in [0.2, 0.25) is 0 Å². The largest absolute Gasteiger partial charge is 0.374 e. The molecule has 1 aromatic carbocycles. The zero-order chi connectivity index (χ0) is 16.0. The maximum Gasteiger partial charge on any atom is 0.250 e. The molecule has 1 heterocycles. The van der Waals surface area contributed by atoms with Crippen LogP contribution in [0.5, 0.6) is 0 Å². The molecule has 0 saturated carbocycles. The summed E-state index contributed by atoms with van der Waals surface area (Å²) >= 11 is 0.